The molecular weight excluding hydrogens is 387 g/mol. The lowest BCUT2D eigenvalue weighted by molar-refractivity contribution is -0.120. The van der Waals surface area contributed by atoms with Crippen LogP contribution >= 0.6 is 23.2 Å². The van der Waals surface area contributed by atoms with Crippen molar-refractivity contribution in [1.29, 1.82) is 0 Å². The van der Waals surface area contributed by atoms with E-state index in [0.29, 0.717) is 22.2 Å². The van der Waals surface area contributed by atoms with Crippen LogP contribution in [-0.4, -0.2) is 49.7 Å². The van der Waals surface area contributed by atoms with Gasteiger partial charge in [0.05, 0.1) is 12.5 Å². The number of halogens is 2. The minimum Gasteiger partial charge on any atom is -0.492 e. The number of likely N-dealkylation sites (N-methyl/N-ethyl adjacent to an activating group) is 1. The van der Waals surface area contributed by atoms with E-state index >= 15 is 0 Å². The van der Waals surface area contributed by atoms with Crippen LogP contribution in [0.2, 0.25) is 10.0 Å². The Morgan fingerprint density at radius 2 is 1.85 bits per heavy atom. The molecule has 2 rings (SSSR count). The largest absolute Gasteiger partial charge is 0.492 e. The van der Waals surface area contributed by atoms with Gasteiger partial charge in [-0.1, -0.05) is 41.4 Å². The molecule has 0 aliphatic heterocycles. The van der Waals surface area contributed by atoms with Gasteiger partial charge in [-0.05, 0) is 43.9 Å². The highest BCUT2D eigenvalue weighted by Crippen LogP contribution is 2.29. The van der Waals surface area contributed by atoms with E-state index in [9.17, 15) is 9.90 Å². The third-order valence-corrected chi connectivity index (χ3v) is 4.56. The van der Waals surface area contributed by atoms with Gasteiger partial charge in [0.1, 0.15) is 12.4 Å². The average molecular weight is 411 g/mol. The SMILES string of the molecule is CN(C)CCOc1cccc(CC(=O)NC[C@H](O)c2c(Cl)cccc2Cl)c1. The molecule has 0 bridgehead atoms. The number of benzene rings is 2. The van der Waals surface area contributed by atoms with Gasteiger partial charge in [0.15, 0.2) is 0 Å². The van der Waals surface area contributed by atoms with Crippen molar-refractivity contribution in [2.24, 2.45) is 0 Å². The summed E-state index contributed by atoms with van der Waals surface area (Å²) in [5.41, 5.74) is 1.25. The van der Waals surface area contributed by atoms with Gasteiger partial charge in [-0.2, -0.15) is 0 Å². The highest BCUT2D eigenvalue weighted by Gasteiger charge is 2.16. The number of nitrogens with zero attached hydrogens (tertiary/aromatic N) is 1. The fourth-order valence-electron chi connectivity index (χ4n) is 2.48. The highest BCUT2D eigenvalue weighted by atomic mass is 35.5. The Kier molecular flexibility index (Phi) is 8.38. The maximum Gasteiger partial charge on any atom is 0.224 e. The molecule has 0 fully saturated rings. The topological polar surface area (TPSA) is 61.8 Å². The van der Waals surface area contributed by atoms with Crippen LogP contribution < -0.4 is 10.1 Å². The fraction of sp³-hybridized carbons (Fsp3) is 0.350. The molecule has 2 N–H and O–H groups in total. The van der Waals surface area contributed by atoms with E-state index in [-0.39, 0.29) is 18.9 Å². The Hall–Kier alpha value is -1.79. The Balaban J connectivity index is 1.87. The third kappa shape index (κ3) is 7.03. The number of aliphatic hydroxyl groups excluding tert-OH is 1. The van der Waals surface area contributed by atoms with Gasteiger partial charge >= 0.3 is 0 Å². The van der Waals surface area contributed by atoms with Crippen molar-refractivity contribution >= 4 is 29.1 Å². The molecule has 0 aliphatic rings. The standard InChI is InChI=1S/C20H24Cl2N2O3/c1-24(2)9-10-27-15-6-3-5-14(11-15)12-19(26)23-13-18(25)20-16(21)7-4-8-17(20)22/h3-8,11,18,25H,9-10,12-13H2,1-2H3,(H,23,26)/t18-/m0/s1. The van der Waals surface area contributed by atoms with Crippen molar-refractivity contribution in [3.05, 3.63) is 63.6 Å². The summed E-state index contributed by atoms with van der Waals surface area (Å²) in [4.78, 5) is 14.2. The van der Waals surface area contributed by atoms with Gasteiger partial charge in [-0.15, -0.1) is 0 Å². The van der Waals surface area contributed by atoms with Gasteiger partial charge < -0.3 is 20.1 Å². The van der Waals surface area contributed by atoms with Crippen molar-refractivity contribution in [1.82, 2.24) is 10.2 Å². The number of hydrogen-bond acceptors (Lipinski definition) is 4. The lowest BCUT2D eigenvalue weighted by Gasteiger charge is -2.15. The van der Waals surface area contributed by atoms with Crippen molar-refractivity contribution in [3.63, 3.8) is 0 Å². The molecule has 0 saturated heterocycles. The van der Waals surface area contributed by atoms with Crippen molar-refractivity contribution in [2.75, 3.05) is 33.8 Å². The number of ether oxygens (including phenoxy) is 1. The van der Waals surface area contributed by atoms with E-state index in [1.165, 1.54) is 0 Å². The zero-order chi connectivity index (χ0) is 19.8. The second-order valence-electron chi connectivity index (χ2n) is 6.43. The first kappa shape index (κ1) is 21.5. The minimum absolute atomic E-state index is 0.0291. The Morgan fingerprint density at radius 1 is 1.19 bits per heavy atom. The van der Waals surface area contributed by atoms with Crippen LogP contribution in [0.3, 0.4) is 0 Å². The molecular formula is C20H24Cl2N2O3. The maximum absolute atomic E-state index is 12.2. The van der Waals surface area contributed by atoms with Crippen LogP contribution in [0.25, 0.3) is 0 Å². The van der Waals surface area contributed by atoms with Crippen LogP contribution in [0.5, 0.6) is 5.75 Å². The Bertz CT molecular complexity index is 748. The molecule has 2 aromatic carbocycles. The number of carbonyl (C=O) groups excluding carboxylic acids is 1. The summed E-state index contributed by atoms with van der Waals surface area (Å²) < 4.78 is 5.68. The summed E-state index contributed by atoms with van der Waals surface area (Å²) in [5, 5.41) is 13.7. The molecule has 1 amide bonds. The first-order valence-corrected chi connectivity index (χ1v) is 9.37. The van der Waals surface area contributed by atoms with Gasteiger partial charge in [0, 0.05) is 28.7 Å². The highest BCUT2D eigenvalue weighted by molar-refractivity contribution is 6.36. The number of carbonyl (C=O) groups is 1. The number of hydrogen-bond donors (Lipinski definition) is 2. The smallest absolute Gasteiger partial charge is 0.224 e. The molecule has 0 aromatic heterocycles. The second kappa shape index (κ2) is 10.5. The van der Waals surface area contributed by atoms with E-state index in [1.54, 1.807) is 18.2 Å². The second-order valence-corrected chi connectivity index (χ2v) is 7.25. The first-order valence-electron chi connectivity index (χ1n) is 8.62. The van der Waals surface area contributed by atoms with E-state index in [0.717, 1.165) is 17.9 Å². The van der Waals surface area contributed by atoms with Crippen molar-refractivity contribution in [3.8, 4) is 5.75 Å². The van der Waals surface area contributed by atoms with Gasteiger partial charge in [0.25, 0.3) is 0 Å². The summed E-state index contributed by atoms with van der Waals surface area (Å²) in [6.45, 7) is 1.42. The Morgan fingerprint density at radius 3 is 2.52 bits per heavy atom. The molecule has 0 unspecified atom stereocenters. The van der Waals surface area contributed by atoms with Crippen molar-refractivity contribution < 1.29 is 14.6 Å². The zero-order valence-electron chi connectivity index (χ0n) is 15.4. The number of amides is 1. The molecule has 0 saturated carbocycles. The van der Waals surface area contributed by atoms with Gasteiger partial charge in [-0.3, -0.25) is 4.79 Å². The fourth-order valence-corrected chi connectivity index (χ4v) is 3.13. The van der Waals surface area contributed by atoms with E-state index in [1.807, 2.05) is 43.3 Å². The Labute approximate surface area is 169 Å². The summed E-state index contributed by atoms with van der Waals surface area (Å²) >= 11 is 12.1. The summed E-state index contributed by atoms with van der Waals surface area (Å²) in [7, 11) is 3.96. The third-order valence-electron chi connectivity index (χ3n) is 3.90. The normalized spacial score (nSPS) is 12.1. The molecule has 0 heterocycles. The van der Waals surface area contributed by atoms with Crippen LogP contribution in [0, 0.1) is 0 Å². The molecule has 7 heteroatoms. The average Bonchev–Trinajstić information content (AvgIpc) is 2.60. The number of nitrogens with one attached hydrogen (secondary N) is 1. The van der Waals surface area contributed by atoms with E-state index in [2.05, 4.69) is 5.32 Å². The zero-order valence-corrected chi connectivity index (χ0v) is 16.9. The maximum atomic E-state index is 12.2. The molecule has 0 spiro atoms. The molecule has 146 valence electrons. The summed E-state index contributed by atoms with van der Waals surface area (Å²) in [5.74, 6) is 0.521. The molecule has 0 radical (unpaired) electrons. The van der Waals surface area contributed by atoms with Gasteiger partial charge in [-0.25, -0.2) is 0 Å². The quantitative estimate of drug-likeness (QED) is 0.665. The van der Waals surface area contributed by atoms with E-state index in [4.69, 9.17) is 27.9 Å². The number of aliphatic hydroxyl groups is 1. The molecule has 5 nitrogen and oxygen atoms in total. The first-order chi connectivity index (χ1) is 12.9. The summed E-state index contributed by atoms with van der Waals surface area (Å²) in [6, 6.07) is 12.4. The van der Waals surface area contributed by atoms with Crippen LogP contribution in [0.1, 0.15) is 17.2 Å². The molecule has 0 aliphatic carbocycles. The van der Waals surface area contributed by atoms with Crippen LogP contribution in [0.15, 0.2) is 42.5 Å². The van der Waals surface area contributed by atoms with E-state index < -0.39 is 6.10 Å². The predicted octanol–water partition coefficient (Wildman–Crippen LogP) is 3.33. The number of rotatable bonds is 9. The lowest BCUT2D eigenvalue weighted by atomic mass is 10.1. The minimum atomic E-state index is -0.976. The molecule has 2 aromatic rings. The lowest BCUT2D eigenvalue weighted by Crippen LogP contribution is -2.29. The van der Waals surface area contributed by atoms with Gasteiger partial charge in [0.2, 0.25) is 5.91 Å². The monoisotopic (exact) mass is 410 g/mol. The van der Waals surface area contributed by atoms with Crippen LogP contribution in [0.4, 0.5) is 0 Å². The van der Waals surface area contributed by atoms with Crippen LogP contribution in [-0.2, 0) is 11.2 Å². The summed E-state index contributed by atoms with van der Waals surface area (Å²) in [6.07, 6.45) is -0.788. The van der Waals surface area contributed by atoms with Crippen molar-refractivity contribution in [2.45, 2.75) is 12.5 Å². The molecule has 27 heavy (non-hydrogen) atoms. The molecule has 1 atom stereocenters. The predicted molar refractivity (Wildman–Crippen MR) is 109 cm³/mol.